The van der Waals surface area contributed by atoms with Gasteiger partial charge in [-0.15, -0.1) is 10.2 Å². The van der Waals surface area contributed by atoms with Crippen LogP contribution in [0.2, 0.25) is 0 Å². The van der Waals surface area contributed by atoms with E-state index in [1.54, 1.807) is 11.3 Å². The van der Waals surface area contributed by atoms with Crippen LogP contribution in [0.3, 0.4) is 0 Å². The van der Waals surface area contributed by atoms with Crippen molar-refractivity contribution in [3.8, 4) is 0 Å². The summed E-state index contributed by atoms with van der Waals surface area (Å²) in [7, 11) is 1.41. The summed E-state index contributed by atoms with van der Waals surface area (Å²) in [4.78, 5) is 11.3. The molecule has 0 spiro atoms. The second-order valence-electron chi connectivity index (χ2n) is 4.52. The number of hydrogen-bond acceptors (Lipinski definition) is 6. The third-order valence-corrected chi connectivity index (χ3v) is 5.44. The summed E-state index contributed by atoms with van der Waals surface area (Å²) in [6.07, 6.45) is 6.39. The summed E-state index contributed by atoms with van der Waals surface area (Å²) in [6.45, 7) is 1.83. The molecule has 1 aliphatic carbocycles. The van der Waals surface area contributed by atoms with Crippen molar-refractivity contribution < 1.29 is 9.53 Å². The summed E-state index contributed by atoms with van der Waals surface area (Å²) in [5.74, 6) is 0.369. The van der Waals surface area contributed by atoms with Crippen LogP contribution in [0.15, 0.2) is 4.34 Å². The predicted molar refractivity (Wildman–Crippen MR) is 73.1 cm³/mol. The molecule has 4 nitrogen and oxygen atoms in total. The molecule has 0 saturated heterocycles. The molecule has 100 valence electrons. The van der Waals surface area contributed by atoms with Crippen molar-refractivity contribution in [1.29, 1.82) is 0 Å². The number of rotatable bonds is 4. The summed E-state index contributed by atoms with van der Waals surface area (Å²) in [5.41, 5.74) is 0. The molecular formula is C12H18N2O2S2. The van der Waals surface area contributed by atoms with Gasteiger partial charge < -0.3 is 4.74 Å². The smallest absolute Gasteiger partial charge is 0.318 e. The number of aromatic nitrogens is 2. The third kappa shape index (κ3) is 3.45. The SMILES string of the molecule is COC(=O)C(C)Sc1nnc(C2CCCCC2)s1. The van der Waals surface area contributed by atoms with E-state index in [9.17, 15) is 4.79 Å². The minimum absolute atomic E-state index is 0.214. The van der Waals surface area contributed by atoms with Gasteiger partial charge >= 0.3 is 5.97 Å². The molecule has 1 aromatic rings. The largest absolute Gasteiger partial charge is 0.468 e. The Labute approximate surface area is 116 Å². The molecule has 1 heterocycles. The van der Waals surface area contributed by atoms with Gasteiger partial charge in [0.05, 0.1) is 7.11 Å². The van der Waals surface area contributed by atoms with Crippen molar-refractivity contribution in [2.24, 2.45) is 0 Å². The van der Waals surface area contributed by atoms with Crippen molar-refractivity contribution in [2.75, 3.05) is 7.11 Å². The van der Waals surface area contributed by atoms with Crippen molar-refractivity contribution in [3.05, 3.63) is 5.01 Å². The van der Waals surface area contributed by atoms with Gasteiger partial charge in [0.15, 0.2) is 4.34 Å². The Morgan fingerprint density at radius 3 is 2.78 bits per heavy atom. The lowest BCUT2D eigenvalue weighted by molar-refractivity contribution is -0.139. The van der Waals surface area contributed by atoms with E-state index in [-0.39, 0.29) is 11.2 Å². The maximum atomic E-state index is 11.3. The zero-order valence-corrected chi connectivity index (χ0v) is 12.4. The quantitative estimate of drug-likeness (QED) is 0.628. The highest BCUT2D eigenvalue weighted by molar-refractivity contribution is 8.02. The molecule has 0 aliphatic heterocycles. The molecule has 2 rings (SSSR count). The molecule has 0 aromatic carbocycles. The number of nitrogens with zero attached hydrogens (tertiary/aromatic N) is 2. The molecule has 1 aliphatic rings. The molecule has 1 atom stereocenters. The van der Waals surface area contributed by atoms with Gasteiger partial charge in [0.25, 0.3) is 0 Å². The van der Waals surface area contributed by atoms with Crippen LogP contribution in [-0.4, -0.2) is 28.5 Å². The maximum absolute atomic E-state index is 11.3. The Morgan fingerprint density at radius 1 is 1.39 bits per heavy atom. The Bertz CT molecular complexity index is 403. The summed E-state index contributed by atoms with van der Waals surface area (Å²) < 4.78 is 5.57. The highest BCUT2D eigenvalue weighted by Gasteiger charge is 2.22. The molecular weight excluding hydrogens is 268 g/mol. The average Bonchev–Trinajstić information content (AvgIpc) is 2.87. The van der Waals surface area contributed by atoms with Gasteiger partial charge in [0.1, 0.15) is 10.3 Å². The van der Waals surface area contributed by atoms with Gasteiger partial charge in [-0.2, -0.15) is 0 Å². The van der Waals surface area contributed by atoms with Gasteiger partial charge in [0, 0.05) is 5.92 Å². The standard InChI is InChI=1S/C12H18N2O2S2/c1-8(11(15)16-2)17-12-14-13-10(18-12)9-6-4-3-5-7-9/h8-9H,3-7H2,1-2H3. The van der Waals surface area contributed by atoms with Crippen LogP contribution in [-0.2, 0) is 9.53 Å². The number of esters is 1. The van der Waals surface area contributed by atoms with Gasteiger partial charge in [-0.3, -0.25) is 4.79 Å². The fourth-order valence-electron chi connectivity index (χ4n) is 2.15. The van der Waals surface area contributed by atoms with Gasteiger partial charge in [0.2, 0.25) is 0 Å². The van der Waals surface area contributed by atoms with Crippen LogP contribution in [0.1, 0.15) is 50.0 Å². The lowest BCUT2D eigenvalue weighted by atomic mass is 9.90. The lowest BCUT2D eigenvalue weighted by Gasteiger charge is -2.18. The van der Waals surface area contributed by atoms with Crippen LogP contribution < -0.4 is 0 Å². The molecule has 1 unspecified atom stereocenters. The minimum Gasteiger partial charge on any atom is -0.468 e. The number of thioether (sulfide) groups is 1. The van der Waals surface area contributed by atoms with E-state index < -0.39 is 0 Å². The number of hydrogen-bond donors (Lipinski definition) is 0. The molecule has 1 saturated carbocycles. The van der Waals surface area contributed by atoms with E-state index in [0.717, 1.165) is 9.35 Å². The molecule has 1 aromatic heterocycles. The van der Waals surface area contributed by atoms with Crippen LogP contribution in [0.4, 0.5) is 0 Å². The van der Waals surface area contributed by atoms with Crippen molar-refractivity contribution >= 4 is 29.1 Å². The molecule has 6 heteroatoms. The zero-order chi connectivity index (χ0) is 13.0. The van der Waals surface area contributed by atoms with Crippen molar-refractivity contribution in [3.63, 3.8) is 0 Å². The number of methoxy groups -OCH3 is 1. The molecule has 0 N–H and O–H groups in total. The first-order chi connectivity index (χ1) is 8.70. The van der Waals surface area contributed by atoms with E-state index in [2.05, 4.69) is 10.2 Å². The Balaban J connectivity index is 1.95. The summed E-state index contributed by atoms with van der Waals surface area (Å²) >= 11 is 3.06. The Morgan fingerprint density at radius 2 is 2.11 bits per heavy atom. The number of ether oxygens (including phenoxy) is 1. The van der Waals surface area contributed by atoms with Crippen LogP contribution in [0.25, 0.3) is 0 Å². The lowest BCUT2D eigenvalue weighted by Crippen LogP contribution is -2.14. The van der Waals surface area contributed by atoms with Crippen molar-refractivity contribution in [1.82, 2.24) is 10.2 Å². The molecule has 0 radical (unpaired) electrons. The highest BCUT2D eigenvalue weighted by atomic mass is 32.2. The first-order valence-electron chi connectivity index (χ1n) is 6.28. The Hall–Kier alpha value is -0.620. The first kappa shape index (κ1) is 13.8. The second kappa shape index (κ2) is 6.52. The monoisotopic (exact) mass is 286 g/mol. The third-order valence-electron chi connectivity index (χ3n) is 3.19. The van der Waals surface area contributed by atoms with Crippen LogP contribution >= 0.6 is 23.1 Å². The maximum Gasteiger partial charge on any atom is 0.318 e. The summed E-state index contributed by atoms with van der Waals surface area (Å²) in [5, 5.41) is 9.36. The number of carbonyl (C=O) groups excluding carboxylic acids is 1. The van der Waals surface area contributed by atoms with E-state index in [1.807, 2.05) is 6.92 Å². The van der Waals surface area contributed by atoms with Gasteiger partial charge in [-0.25, -0.2) is 0 Å². The number of carbonyl (C=O) groups is 1. The zero-order valence-electron chi connectivity index (χ0n) is 10.7. The Kier molecular flexibility index (Phi) is 5.00. The molecule has 1 fully saturated rings. The topological polar surface area (TPSA) is 52.1 Å². The van der Waals surface area contributed by atoms with E-state index >= 15 is 0 Å². The van der Waals surface area contributed by atoms with E-state index in [4.69, 9.17) is 4.74 Å². The fourth-order valence-corrected chi connectivity index (χ4v) is 4.36. The van der Waals surface area contributed by atoms with E-state index in [0.29, 0.717) is 5.92 Å². The minimum atomic E-state index is -0.220. The molecule has 0 bridgehead atoms. The molecule has 18 heavy (non-hydrogen) atoms. The predicted octanol–water partition coefficient (Wildman–Crippen LogP) is 3.24. The molecule has 0 amide bonds. The first-order valence-corrected chi connectivity index (χ1v) is 7.98. The van der Waals surface area contributed by atoms with Gasteiger partial charge in [-0.1, -0.05) is 42.4 Å². The highest BCUT2D eigenvalue weighted by Crippen LogP contribution is 2.36. The average molecular weight is 286 g/mol. The van der Waals surface area contributed by atoms with E-state index in [1.165, 1.54) is 51.0 Å². The van der Waals surface area contributed by atoms with Crippen LogP contribution in [0.5, 0.6) is 0 Å². The second-order valence-corrected chi connectivity index (χ2v) is 7.12. The fraction of sp³-hybridized carbons (Fsp3) is 0.750. The summed E-state index contributed by atoms with van der Waals surface area (Å²) in [6, 6.07) is 0. The van der Waals surface area contributed by atoms with Crippen LogP contribution in [0, 0.1) is 0 Å². The van der Waals surface area contributed by atoms with Crippen molar-refractivity contribution in [2.45, 2.75) is 54.5 Å². The van der Waals surface area contributed by atoms with Gasteiger partial charge in [-0.05, 0) is 19.8 Å². The normalized spacial score (nSPS) is 18.6.